The first-order chi connectivity index (χ1) is 28.6. The van der Waals surface area contributed by atoms with Crippen LogP contribution in [0.15, 0.2) is 41.9 Å². The van der Waals surface area contributed by atoms with E-state index >= 15 is 0 Å². The number of hydrogen-bond donors (Lipinski definition) is 3. The van der Waals surface area contributed by atoms with Gasteiger partial charge in [-0.3, -0.25) is 24.1 Å². The Kier molecular flexibility index (Phi) is 21.6. The number of thiazole rings is 1. The fourth-order valence-corrected chi connectivity index (χ4v) is 9.27. The maximum Gasteiger partial charge on any atom is 0.245 e. The first-order valence-corrected chi connectivity index (χ1v) is 22.6. The molecular formula is C45H75N7O7S. The lowest BCUT2D eigenvalue weighted by molar-refractivity contribution is -0.148. The summed E-state index contributed by atoms with van der Waals surface area (Å²) < 4.78 is 17.7. The highest BCUT2D eigenvalue weighted by molar-refractivity contribution is 7.09. The quantitative estimate of drug-likeness (QED) is 0.114. The summed E-state index contributed by atoms with van der Waals surface area (Å²) in [7, 11) is 6.80. The highest BCUT2D eigenvalue weighted by Crippen LogP contribution is 2.30. The zero-order chi connectivity index (χ0) is 44.5. The molecule has 3 unspecified atom stereocenters. The van der Waals surface area contributed by atoms with Crippen LogP contribution in [0, 0.1) is 23.7 Å². The van der Waals surface area contributed by atoms with Gasteiger partial charge in [-0.05, 0) is 49.6 Å². The van der Waals surface area contributed by atoms with Crippen LogP contribution in [0.4, 0.5) is 0 Å². The number of carbonyl (C=O) groups excluding carboxylic acids is 4. The van der Waals surface area contributed by atoms with Crippen molar-refractivity contribution in [2.75, 3.05) is 61.2 Å². The molecule has 0 saturated carbocycles. The molecule has 1 aromatic carbocycles. The smallest absolute Gasteiger partial charge is 0.245 e. The van der Waals surface area contributed by atoms with Crippen LogP contribution in [0.2, 0.25) is 0 Å². The Balaban J connectivity index is 1.77. The van der Waals surface area contributed by atoms with E-state index in [-0.39, 0.29) is 59.9 Å². The van der Waals surface area contributed by atoms with Crippen molar-refractivity contribution in [3.05, 3.63) is 52.5 Å². The standard InChI is InChI=1S/C45H75N7O7S/c1-12-31(6)40(51(9)45(56)38(29(2)3)49-43(55)39(30(4)5)50(8)23-25-59-24-20-46)36(57-10)28-37(53)52-22-16-19-35(52)41(58-11)32(7)42(54)48-34(44-47-21-26-60-44)27-33-17-14-13-15-18-33/h13-15,17-18,21,26,29-32,34-36,38-41H,12,16,19-20,22-25,27-28,46H2,1-11H3,(H,48,54)(H,49,55)/t31-,32+,34-,35?,36+,38?,39?,40-,41+/m0/s1. The van der Waals surface area contributed by atoms with Crippen LogP contribution in [0.1, 0.15) is 90.8 Å². The molecule has 1 aromatic heterocycles. The molecule has 9 atom stereocenters. The molecule has 60 heavy (non-hydrogen) atoms. The third-order valence-electron chi connectivity index (χ3n) is 12.1. The van der Waals surface area contributed by atoms with E-state index in [4.69, 9.17) is 19.9 Å². The van der Waals surface area contributed by atoms with Gasteiger partial charge in [-0.15, -0.1) is 11.3 Å². The van der Waals surface area contributed by atoms with Gasteiger partial charge in [-0.25, -0.2) is 4.98 Å². The number of benzene rings is 1. The Morgan fingerprint density at radius 1 is 0.967 bits per heavy atom. The topological polar surface area (TPSA) is 169 Å². The molecule has 338 valence electrons. The van der Waals surface area contributed by atoms with Crippen molar-refractivity contribution in [3.8, 4) is 0 Å². The van der Waals surface area contributed by atoms with Crippen LogP contribution < -0.4 is 16.4 Å². The Hall–Kier alpha value is -3.47. The third kappa shape index (κ3) is 14.0. The monoisotopic (exact) mass is 858 g/mol. The minimum Gasteiger partial charge on any atom is -0.379 e. The molecular weight excluding hydrogens is 783 g/mol. The molecule has 3 rings (SSSR count). The molecule has 2 aromatic rings. The molecule has 1 aliphatic heterocycles. The van der Waals surface area contributed by atoms with Gasteiger partial charge in [-0.1, -0.05) is 85.2 Å². The predicted molar refractivity (Wildman–Crippen MR) is 237 cm³/mol. The summed E-state index contributed by atoms with van der Waals surface area (Å²) in [5.74, 6) is -1.58. The molecule has 0 spiro atoms. The summed E-state index contributed by atoms with van der Waals surface area (Å²) in [5, 5.41) is 9.06. The second kappa shape index (κ2) is 25.5. The lowest BCUT2D eigenvalue weighted by Crippen LogP contribution is -2.60. The summed E-state index contributed by atoms with van der Waals surface area (Å²) in [6.45, 7) is 16.2. The largest absolute Gasteiger partial charge is 0.379 e. The van der Waals surface area contributed by atoms with E-state index in [0.717, 1.165) is 23.4 Å². The molecule has 0 aliphatic carbocycles. The van der Waals surface area contributed by atoms with E-state index in [0.29, 0.717) is 45.7 Å². The van der Waals surface area contributed by atoms with Gasteiger partial charge < -0.3 is 40.4 Å². The van der Waals surface area contributed by atoms with E-state index < -0.39 is 36.3 Å². The number of hydrogen-bond acceptors (Lipinski definition) is 11. The second-order valence-corrected chi connectivity index (χ2v) is 17.9. The fraction of sp³-hybridized carbons (Fsp3) is 0.711. The SMILES string of the molecule is CC[C@H](C)[C@@H]([C@@H](CC(=O)N1CCCC1[C@H](OC)[C@@H](C)C(=O)N[C@@H](Cc1ccccc1)c1nccs1)OC)N(C)C(=O)C(NC(=O)C(C(C)C)N(C)CCOCCN)C(C)C. The lowest BCUT2D eigenvalue weighted by Gasteiger charge is -2.41. The fourth-order valence-electron chi connectivity index (χ4n) is 8.58. The molecule has 1 fully saturated rings. The van der Waals surface area contributed by atoms with Gasteiger partial charge in [0.25, 0.3) is 0 Å². The summed E-state index contributed by atoms with van der Waals surface area (Å²) >= 11 is 1.50. The van der Waals surface area contributed by atoms with Gasteiger partial charge in [0.2, 0.25) is 23.6 Å². The van der Waals surface area contributed by atoms with Crippen molar-refractivity contribution >= 4 is 35.0 Å². The second-order valence-electron chi connectivity index (χ2n) is 17.0. The number of nitrogens with zero attached hydrogens (tertiary/aromatic N) is 4. The van der Waals surface area contributed by atoms with Gasteiger partial charge >= 0.3 is 0 Å². The molecule has 4 amide bonds. The van der Waals surface area contributed by atoms with Crippen LogP contribution >= 0.6 is 11.3 Å². The zero-order valence-electron chi connectivity index (χ0n) is 38.1. The highest BCUT2D eigenvalue weighted by Gasteiger charge is 2.43. The average Bonchev–Trinajstić information content (AvgIpc) is 3.95. The number of likely N-dealkylation sites (N-methyl/N-ethyl adjacent to an activating group) is 2. The predicted octanol–water partition coefficient (Wildman–Crippen LogP) is 4.54. The molecule has 15 heteroatoms. The van der Waals surface area contributed by atoms with E-state index in [1.54, 1.807) is 32.4 Å². The van der Waals surface area contributed by atoms with Crippen LogP contribution in [-0.4, -0.2) is 141 Å². The Bertz CT molecular complexity index is 1580. The average molecular weight is 858 g/mol. The molecule has 4 N–H and O–H groups in total. The van der Waals surface area contributed by atoms with Gasteiger partial charge in [0.15, 0.2) is 0 Å². The van der Waals surface area contributed by atoms with Crippen LogP contribution in [0.3, 0.4) is 0 Å². The van der Waals surface area contributed by atoms with Gasteiger partial charge in [0, 0.05) is 52.5 Å². The summed E-state index contributed by atoms with van der Waals surface area (Å²) in [5.41, 5.74) is 6.65. The minimum atomic E-state index is -0.800. The first-order valence-electron chi connectivity index (χ1n) is 21.7. The van der Waals surface area contributed by atoms with Crippen LogP contribution in [-0.2, 0) is 39.8 Å². The minimum absolute atomic E-state index is 0.0218. The molecule has 2 heterocycles. The number of nitrogens with two attached hydrogens (primary N) is 1. The molecule has 1 saturated heterocycles. The Labute approximate surface area is 363 Å². The number of ether oxygens (including phenoxy) is 3. The van der Waals surface area contributed by atoms with Gasteiger partial charge in [0.1, 0.15) is 11.0 Å². The van der Waals surface area contributed by atoms with Crippen molar-refractivity contribution in [2.45, 2.75) is 123 Å². The van der Waals surface area contributed by atoms with Crippen molar-refractivity contribution < 1.29 is 33.4 Å². The number of rotatable bonds is 26. The van der Waals surface area contributed by atoms with E-state index in [1.165, 1.54) is 11.3 Å². The van der Waals surface area contributed by atoms with Crippen molar-refractivity contribution in [1.29, 1.82) is 0 Å². The van der Waals surface area contributed by atoms with Crippen LogP contribution in [0.25, 0.3) is 0 Å². The van der Waals surface area contributed by atoms with Crippen molar-refractivity contribution in [2.24, 2.45) is 29.4 Å². The zero-order valence-corrected chi connectivity index (χ0v) is 38.9. The number of likely N-dealkylation sites (tertiary alicyclic amines) is 1. The first kappa shape index (κ1) is 50.9. The van der Waals surface area contributed by atoms with E-state index in [2.05, 4.69) is 29.5 Å². The maximum atomic E-state index is 14.5. The normalized spacial score (nSPS) is 18.4. The highest BCUT2D eigenvalue weighted by atomic mass is 32.1. The third-order valence-corrected chi connectivity index (χ3v) is 13.0. The molecule has 1 aliphatic rings. The molecule has 14 nitrogen and oxygen atoms in total. The molecule has 0 bridgehead atoms. The van der Waals surface area contributed by atoms with Crippen molar-refractivity contribution in [1.82, 2.24) is 30.3 Å². The maximum absolute atomic E-state index is 14.5. The lowest BCUT2D eigenvalue weighted by atomic mass is 9.89. The van der Waals surface area contributed by atoms with Crippen molar-refractivity contribution in [3.63, 3.8) is 0 Å². The number of amides is 4. The number of methoxy groups -OCH3 is 2. The van der Waals surface area contributed by atoms with Gasteiger partial charge in [0.05, 0.1) is 61.9 Å². The number of nitrogens with one attached hydrogen (secondary N) is 2. The Morgan fingerprint density at radius 3 is 2.23 bits per heavy atom. The summed E-state index contributed by atoms with van der Waals surface area (Å²) in [6, 6.07) is 7.63. The summed E-state index contributed by atoms with van der Waals surface area (Å²) in [4.78, 5) is 66.7. The van der Waals surface area contributed by atoms with E-state index in [9.17, 15) is 19.2 Å². The Morgan fingerprint density at radius 2 is 1.67 bits per heavy atom. The van der Waals surface area contributed by atoms with Gasteiger partial charge in [-0.2, -0.15) is 0 Å². The summed E-state index contributed by atoms with van der Waals surface area (Å²) in [6.07, 6.45) is 3.38. The van der Waals surface area contributed by atoms with E-state index in [1.807, 2.05) is 87.2 Å². The number of carbonyl (C=O) groups is 4. The molecule has 0 radical (unpaired) electrons. The van der Waals surface area contributed by atoms with Crippen LogP contribution in [0.5, 0.6) is 0 Å². The number of aromatic nitrogens is 1.